The van der Waals surface area contributed by atoms with Gasteiger partial charge in [0, 0.05) is 38.8 Å². The van der Waals surface area contributed by atoms with Gasteiger partial charge in [-0.25, -0.2) is 0 Å². The van der Waals surface area contributed by atoms with Crippen LogP contribution in [0.2, 0.25) is 0 Å². The van der Waals surface area contributed by atoms with E-state index < -0.39 is 0 Å². The zero-order valence-corrected chi connectivity index (χ0v) is 16.3. The predicted molar refractivity (Wildman–Crippen MR) is 109 cm³/mol. The summed E-state index contributed by atoms with van der Waals surface area (Å²) >= 11 is 0. The molecule has 1 aliphatic rings. The molecular formula is C22H26N2O4. The molecule has 2 aromatic rings. The molecule has 0 radical (unpaired) electrons. The lowest BCUT2D eigenvalue weighted by Crippen LogP contribution is -2.47. The quantitative estimate of drug-likeness (QED) is 0.779. The Bertz CT molecular complexity index is 803. The van der Waals surface area contributed by atoms with Gasteiger partial charge in [-0.3, -0.25) is 9.69 Å². The number of hydrogen-bond donors (Lipinski definition) is 1. The third kappa shape index (κ3) is 4.84. The summed E-state index contributed by atoms with van der Waals surface area (Å²) in [6, 6.07) is 13.7. The molecule has 1 heterocycles. The Kier molecular flexibility index (Phi) is 6.55. The number of aromatic hydroxyl groups is 1. The molecule has 3 rings (SSSR count). The Morgan fingerprint density at radius 2 is 1.64 bits per heavy atom. The molecule has 0 aromatic heterocycles. The standard InChI is InChI=1S/C22H26N2O4/c1-27-19-14-18(15-20(28-2)22(19)26)8-9-21(25)24-12-10-23(11-13-24)16-17-6-4-3-5-7-17/h3-9,14-15,26H,10-13,16H2,1-2H3/b9-8+. The van der Waals surface area contributed by atoms with E-state index in [0.29, 0.717) is 24.6 Å². The van der Waals surface area contributed by atoms with E-state index in [1.165, 1.54) is 19.8 Å². The van der Waals surface area contributed by atoms with Crippen LogP contribution in [-0.2, 0) is 11.3 Å². The SMILES string of the molecule is COc1cc(/C=C/C(=O)N2CCN(Cc3ccccc3)CC2)cc(OC)c1O. The van der Waals surface area contributed by atoms with E-state index in [1.807, 2.05) is 23.1 Å². The molecule has 6 nitrogen and oxygen atoms in total. The fourth-order valence-corrected chi connectivity index (χ4v) is 3.25. The highest BCUT2D eigenvalue weighted by atomic mass is 16.5. The van der Waals surface area contributed by atoms with Gasteiger partial charge in [-0.1, -0.05) is 30.3 Å². The van der Waals surface area contributed by atoms with Crippen molar-refractivity contribution in [3.63, 3.8) is 0 Å². The van der Waals surface area contributed by atoms with E-state index in [4.69, 9.17) is 9.47 Å². The first-order valence-electron chi connectivity index (χ1n) is 9.29. The molecule has 1 N–H and O–H groups in total. The van der Waals surface area contributed by atoms with Gasteiger partial charge in [0.05, 0.1) is 14.2 Å². The molecule has 1 aliphatic heterocycles. The maximum absolute atomic E-state index is 12.5. The zero-order valence-electron chi connectivity index (χ0n) is 16.3. The Hall–Kier alpha value is -2.99. The molecule has 148 valence electrons. The van der Waals surface area contributed by atoms with E-state index in [2.05, 4.69) is 17.0 Å². The fraction of sp³-hybridized carbons (Fsp3) is 0.318. The minimum atomic E-state index is -0.0528. The number of rotatable bonds is 6. The molecule has 1 amide bonds. The summed E-state index contributed by atoms with van der Waals surface area (Å²) in [5.41, 5.74) is 2.01. The number of ether oxygens (including phenoxy) is 2. The van der Waals surface area contributed by atoms with Crippen LogP contribution >= 0.6 is 0 Å². The highest BCUT2D eigenvalue weighted by molar-refractivity contribution is 5.92. The summed E-state index contributed by atoms with van der Waals surface area (Å²) in [5, 5.41) is 9.97. The van der Waals surface area contributed by atoms with Gasteiger partial charge >= 0.3 is 0 Å². The smallest absolute Gasteiger partial charge is 0.246 e. The van der Waals surface area contributed by atoms with Crippen LogP contribution in [0, 0.1) is 0 Å². The van der Waals surface area contributed by atoms with Gasteiger partial charge in [-0.15, -0.1) is 0 Å². The fourth-order valence-electron chi connectivity index (χ4n) is 3.25. The topological polar surface area (TPSA) is 62.2 Å². The summed E-state index contributed by atoms with van der Waals surface area (Å²) in [7, 11) is 2.95. The van der Waals surface area contributed by atoms with Gasteiger partial charge in [0.15, 0.2) is 11.5 Å². The number of phenolic OH excluding ortho intramolecular Hbond substituents is 1. The normalized spacial score (nSPS) is 15.0. The van der Waals surface area contributed by atoms with Crippen LogP contribution < -0.4 is 9.47 Å². The molecule has 0 aliphatic carbocycles. The van der Waals surface area contributed by atoms with Crippen LogP contribution in [0.4, 0.5) is 0 Å². The van der Waals surface area contributed by atoms with Crippen molar-refractivity contribution in [3.8, 4) is 17.2 Å². The second kappa shape index (κ2) is 9.28. The van der Waals surface area contributed by atoms with Crippen molar-refractivity contribution >= 4 is 12.0 Å². The van der Waals surface area contributed by atoms with Gasteiger partial charge in [-0.2, -0.15) is 0 Å². The van der Waals surface area contributed by atoms with Crippen LogP contribution in [0.1, 0.15) is 11.1 Å². The lowest BCUT2D eigenvalue weighted by molar-refractivity contribution is -0.127. The lowest BCUT2D eigenvalue weighted by atomic mass is 10.1. The van der Waals surface area contributed by atoms with Crippen LogP contribution in [0.25, 0.3) is 6.08 Å². The lowest BCUT2D eigenvalue weighted by Gasteiger charge is -2.34. The van der Waals surface area contributed by atoms with Gasteiger partial charge in [0.2, 0.25) is 11.7 Å². The van der Waals surface area contributed by atoms with Crippen molar-refractivity contribution in [2.75, 3.05) is 40.4 Å². The first-order chi connectivity index (χ1) is 13.6. The zero-order chi connectivity index (χ0) is 19.9. The van der Waals surface area contributed by atoms with E-state index in [1.54, 1.807) is 24.3 Å². The minimum Gasteiger partial charge on any atom is -0.502 e. The molecule has 0 atom stereocenters. The Balaban J connectivity index is 1.57. The number of piperazine rings is 1. The number of amides is 1. The average molecular weight is 382 g/mol. The van der Waals surface area contributed by atoms with Crippen molar-refractivity contribution in [2.45, 2.75) is 6.54 Å². The molecule has 0 spiro atoms. The maximum Gasteiger partial charge on any atom is 0.246 e. The summed E-state index contributed by atoms with van der Waals surface area (Å²) in [4.78, 5) is 16.7. The second-order valence-corrected chi connectivity index (χ2v) is 6.69. The first kappa shape index (κ1) is 19.8. The third-order valence-corrected chi connectivity index (χ3v) is 4.85. The predicted octanol–water partition coefficient (Wildman–Crippen LogP) is 2.77. The molecule has 0 unspecified atom stereocenters. The number of nitrogens with zero attached hydrogens (tertiary/aromatic N) is 2. The number of hydrogen-bond acceptors (Lipinski definition) is 5. The minimum absolute atomic E-state index is 0.0228. The second-order valence-electron chi connectivity index (χ2n) is 6.69. The van der Waals surface area contributed by atoms with E-state index >= 15 is 0 Å². The van der Waals surface area contributed by atoms with Crippen molar-refractivity contribution in [1.82, 2.24) is 9.80 Å². The molecule has 2 aromatic carbocycles. The van der Waals surface area contributed by atoms with Crippen LogP contribution in [0.5, 0.6) is 17.2 Å². The summed E-state index contributed by atoms with van der Waals surface area (Å²) < 4.78 is 10.3. The van der Waals surface area contributed by atoms with Gasteiger partial charge < -0.3 is 19.5 Å². The van der Waals surface area contributed by atoms with E-state index in [0.717, 1.165) is 25.2 Å². The monoisotopic (exact) mass is 382 g/mol. The van der Waals surface area contributed by atoms with Crippen LogP contribution in [0.15, 0.2) is 48.5 Å². The molecule has 28 heavy (non-hydrogen) atoms. The number of phenols is 1. The average Bonchev–Trinajstić information content (AvgIpc) is 2.74. The van der Waals surface area contributed by atoms with Gasteiger partial charge in [-0.05, 0) is 29.3 Å². The number of methoxy groups -OCH3 is 2. The third-order valence-electron chi connectivity index (χ3n) is 4.85. The Labute approximate surface area is 165 Å². The van der Waals surface area contributed by atoms with E-state index in [9.17, 15) is 9.90 Å². The number of carbonyl (C=O) groups excluding carboxylic acids is 1. The van der Waals surface area contributed by atoms with Crippen molar-refractivity contribution in [1.29, 1.82) is 0 Å². The summed E-state index contributed by atoms with van der Waals surface area (Å²) in [6.07, 6.45) is 3.27. The molecule has 1 saturated heterocycles. The first-order valence-corrected chi connectivity index (χ1v) is 9.29. The maximum atomic E-state index is 12.5. The molecule has 0 saturated carbocycles. The molecular weight excluding hydrogens is 356 g/mol. The number of carbonyl (C=O) groups is 1. The number of benzene rings is 2. The van der Waals surface area contributed by atoms with Crippen molar-refractivity contribution < 1.29 is 19.4 Å². The largest absolute Gasteiger partial charge is 0.502 e. The van der Waals surface area contributed by atoms with E-state index in [-0.39, 0.29) is 11.7 Å². The Morgan fingerprint density at radius 1 is 1.04 bits per heavy atom. The molecule has 1 fully saturated rings. The molecule has 0 bridgehead atoms. The van der Waals surface area contributed by atoms with Gasteiger partial charge in [0.25, 0.3) is 0 Å². The summed E-state index contributed by atoms with van der Waals surface area (Å²) in [5.74, 6) is 0.537. The highest BCUT2D eigenvalue weighted by Gasteiger charge is 2.19. The van der Waals surface area contributed by atoms with Crippen molar-refractivity contribution in [3.05, 3.63) is 59.7 Å². The van der Waals surface area contributed by atoms with Gasteiger partial charge in [0.1, 0.15) is 0 Å². The van der Waals surface area contributed by atoms with Crippen LogP contribution in [0.3, 0.4) is 0 Å². The summed E-state index contributed by atoms with van der Waals surface area (Å²) in [6.45, 7) is 4.03. The Morgan fingerprint density at radius 3 is 2.21 bits per heavy atom. The van der Waals surface area contributed by atoms with Crippen molar-refractivity contribution in [2.24, 2.45) is 0 Å². The van der Waals surface area contributed by atoms with Crippen LogP contribution in [-0.4, -0.2) is 61.2 Å². The highest BCUT2D eigenvalue weighted by Crippen LogP contribution is 2.37. The molecule has 6 heteroatoms.